The average molecular weight is 346 g/mol. The minimum absolute atomic E-state index is 0. The van der Waals surface area contributed by atoms with Gasteiger partial charge in [-0.2, -0.15) is 0 Å². The van der Waals surface area contributed by atoms with E-state index in [0.29, 0.717) is 13.0 Å². The number of methoxy groups -OCH3 is 1. The molecule has 0 amide bonds. The molecule has 0 unspecified atom stereocenters. The summed E-state index contributed by atoms with van der Waals surface area (Å²) in [5.74, 6) is 0.732. The SMILES string of the molecule is COc1cccc2c(NCCCCO[N+](=O)[O-])ccnc12.Cl.O. The third-order valence-corrected chi connectivity index (χ3v) is 3.04. The topological polar surface area (TPSA) is 118 Å². The molecular formula is C14H20ClN3O5. The normalized spacial score (nSPS) is 9.43. The summed E-state index contributed by atoms with van der Waals surface area (Å²) in [5, 5.41) is 13.5. The van der Waals surface area contributed by atoms with Gasteiger partial charge in [-0.05, 0) is 25.0 Å². The molecule has 3 N–H and O–H groups in total. The minimum atomic E-state index is -0.768. The highest BCUT2D eigenvalue weighted by atomic mass is 35.5. The quantitative estimate of drug-likeness (QED) is 0.445. The van der Waals surface area contributed by atoms with Gasteiger partial charge in [0.1, 0.15) is 11.3 Å². The van der Waals surface area contributed by atoms with Gasteiger partial charge >= 0.3 is 0 Å². The largest absolute Gasteiger partial charge is 0.494 e. The zero-order valence-corrected chi connectivity index (χ0v) is 13.5. The van der Waals surface area contributed by atoms with Crippen molar-refractivity contribution in [3.05, 3.63) is 40.6 Å². The fourth-order valence-corrected chi connectivity index (χ4v) is 2.06. The summed E-state index contributed by atoms with van der Waals surface area (Å²) in [4.78, 5) is 18.6. The number of benzene rings is 1. The second-order valence-electron chi connectivity index (χ2n) is 4.41. The Balaban J connectivity index is 0.00000242. The molecule has 0 aliphatic rings. The Hall–Kier alpha value is -2.32. The van der Waals surface area contributed by atoms with Crippen molar-refractivity contribution in [3.63, 3.8) is 0 Å². The van der Waals surface area contributed by atoms with Crippen LogP contribution < -0.4 is 10.1 Å². The van der Waals surface area contributed by atoms with Crippen molar-refractivity contribution in [1.29, 1.82) is 0 Å². The van der Waals surface area contributed by atoms with Crippen molar-refractivity contribution in [3.8, 4) is 5.75 Å². The summed E-state index contributed by atoms with van der Waals surface area (Å²) < 4.78 is 5.29. The van der Waals surface area contributed by atoms with Gasteiger partial charge in [0.05, 0.1) is 13.7 Å². The van der Waals surface area contributed by atoms with E-state index in [2.05, 4.69) is 15.1 Å². The van der Waals surface area contributed by atoms with Crippen LogP contribution >= 0.6 is 12.4 Å². The van der Waals surface area contributed by atoms with E-state index >= 15 is 0 Å². The van der Waals surface area contributed by atoms with Gasteiger partial charge in [-0.3, -0.25) is 4.98 Å². The molecule has 1 aromatic carbocycles. The van der Waals surface area contributed by atoms with Crippen molar-refractivity contribution in [2.24, 2.45) is 0 Å². The predicted molar refractivity (Wildman–Crippen MR) is 89.8 cm³/mol. The number of fused-ring (bicyclic) bond motifs is 1. The van der Waals surface area contributed by atoms with Crippen LogP contribution in [-0.2, 0) is 4.84 Å². The van der Waals surface area contributed by atoms with Gasteiger partial charge < -0.3 is 20.4 Å². The first-order valence-electron chi connectivity index (χ1n) is 6.65. The Labute approximate surface area is 139 Å². The highest BCUT2D eigenvalue weighted by Gasteiger charge is 2.06. The molecule has 2 aromatic rings. The molecule has 0 aliphatic carbocycles. The summed E-state index contributed by atoms with van der Waals surface area (Å²) in [6, 6.07) is 7.66. The van der Waals surface area contributed by atoms with Crippen LogP contribution in [-0.4, -0.2) is 35.8 Å². The molecule has 0 saturated carbocycles. The lowest BCUT2D eigenvalue weighted by atomic mass is 10.1. The lowest BCUT2D eigenvalue weighted by Gasteiger charge is -2.11. The summed E-state index contributed by atoms with van der Waals surface area (Å²) in [5.41, 5.74) is 1.77. The van der Waals surface area contributed by atoms with E-state index in [1.807, 2.05) is 24.3 Å². The number of nitrogens with zero attached hydrogens (tertiary/aromatic N) is 2. The Morgan fingerprint density at radius 1 is 1.30 bits per heavy atom. The smallest absolute Gasteiger partial charge is 0.294 e. The number of nitrogens with one attached hydrogen (secondary N) is 1. The Kier molecular flexibility index (Phi) is 9.36. The van der Waals surface area contributed by atoms with Crippen LogP contribution in [0.3, 0.4) is 0 Å². The van der Waals surface area contributed by atoms with Gasteiger partial charge in [0.2, 0.25) is 0 Å². The van der Waals surface area contributed by atoms with Gasteiger partial charge in [-0.1, -0.05) is 12.1 Å². The molecule has 9 heteroatoms. The molecule has 0 fully saturated rings. The van der Waals surface area contributed by atoms with Crippen LogP contribution in [0.1, 0.15) is 12.8 Å². The van der Waals surface area contributed by atoms with Crippen molar-refractivity contribution < 1.29 is 20.1 Å². The second-order valence-corrected chi connectivity index (χ2v) is 4.41. The highest BCUT2D eigenvalue weighted by molar-refractivity contribution is 5.94. The summed E-state index contributed by atoms with van der Waals surface area (Å²) in [6.07, 6.45) is 3.13. The zero-order valence-electron chi connectivity index (χ0n) is 12.7. The summed E-state index contributed by atoms with van der Waals surface area (Å²) in [7, 11) is 1.62. The molecular weight excluding hydrogens is 326 g/mol. The minimum Gasteiger partial charge on any atom is -0.494 e. The number of hydrogen-bond donors (Lipinski definition) is 1. The first-order valence-corrected chi connectivity index (χ1v) is 6.65. The molecule has 0 bridgehead atoms. The Bertz CT molecular complexity index is 626. The second kappa shape index (κ2) is 10.4. The van der Waals surface area contributed by atoms with Crippen LogP contribution in [0.15, 0.2) is 30.5 Å². The van der Waals surface area contributed by atoms with Crippen LogP contribution in [0, 0.1) is 10.1 Å². The van der Waals surface area contributed by atoms with Crippen molar-refractivity contribution in [2.75, 3.05) is 25.6 Å². The number of unbranched alkanes of at least 4 members (excludes halogenated alkanes) is 1. The lowest BCUT2D eigenvalue weighted by Crippen LogP contribution is -2.06. The molecule has 2 rings (SSSR count). The van der Waals surface area contributed by atoms with E-state index in [4.69, 9.17) is 4.74 Å². The maximum absolute atomic E-state index is 10.0. The molecule has 1 aromatic heterocycles. The average Bonchev–Trinajstić information content (AvgIpc) is 2.50. The van der Waals surface area contributed by atoms with E-state index < -0.39 is 5.09 Å². The predicted octanol–water partition coefficient (Wildman–Crippen LogP) is 2.24. The molecule has 0 atom stereocenters. The molecule has 0 spiro atoms. The van der Waals surface area contributed by atoms with Crippen LogP contribution in [0.5, 0.6) is 5.75 Å². The molecule has 8 nitrogen and oxygen atoms in total. The number of ether oxygens (including phenoxy) is 1. The monoisotopic (exact) mass is 345 g/mol. The maximum atomic E-state index is 10.0. The van der Waals surface area contributed by atoms with E-state index in [9.17, 15) is 10.1 Å². The number of aromatic nitrogens is 1. The molecule has 1 heterocycles. The Morgan fingerprint density at radius 3 is 2.78 bits per heavy atom. The summed E-state index contributed by atoms with van der Waals surface area (Å²) >= 11 is 0. The van der Waals surface area contributed by atoms with Gasteiger partial charge in [0.15, 0.2) is 0 Å². The van der Waals surface area contributed by atoms with Crippen LogP contribution in [0.4, 0.5) is 5.69 Å². The molecule has 0 saturated heterocycles. The fourth-order valence-electron chi connectivity index (χ4n) is 2.06. The number of halogens is 1. The van der Waals surface area contributed by atoms with Crippen molar-refractivity contribution in [1.82, 2.24) is 4.98 Å². The molecule has 0 radical (unpaired) electrons. The third-order valence-electron chi connectivity index (χ3n) is 3.04. The van der Waals surface area contributed by atoms with E-state index in [-0.39, 0.29) is 24.5 Å². The number of para-hydroxylation sites is 1. The lowest BCUT2D eigenvalue weighted by molar-refractivity contribution is -0.757. The highest BCUT2D eigenvalue weighted by Crippen LogP contribution is 2.28. The van der Waals surface area contributed by atoms with Crippen LogP contribution in [0.2, 0.25) is 0 Å². The Morgan fingerprint density at radius 2 is 2.09 bits per heavy atom. The standard InChI is InChI=1S/C14H17N3O4.ClH.H2O/c1-20-13-6-4-5-11-12(7-9-16-14(11)13)15-8-2-3-10-21-17(18)19;;/h4-7,9H,2-3,8,10H2,1H3,(H,15,16);1H;1H2. The van der Waals surface area contributed by atoms with E-state index in [0.717, 1.165) is 28.8 Å². The number of pyridine rings is 1. The number of hydrogen-bond acceptors (Lipinski definition) is 6. The summed E-state index contributed by atoms with van der Waals surface area (Å²) in [6.45, 7) is 0.830. The molecule has 128 valence electrons. The van der Waals surface area contributed by atoms with Crippen LogP contribution in [0.25, 0.3) is 10.9 Å². The molecule has 0 aliphatic heterocycles. The number of rotatable bonds is 8. The zero-order chi connectivity index (χ0) is 15.1. The number of anilines is 1. The fraction of sp³-hybridized carbons (Fsp3) is 0.357. The van der Waals surface area contributed by atoms with Gasteiger partial charge in [0, 0.05) is 23.8 Å². The van der Waals surface area contributed by atoms with Gasteiger partial charge in [0.25, 0.3) is 5.09 Å². The first-order chi connectivity index (χ1) is 10.2. The van der Waals surface area contributed by atoms with E-state index in [1.54, 1.807) is 13.3 Å². The molecule has 23 heavy (non-hydrogen) atoms. The third kappa shape index (κ3) is 5.76. The maximum Gasteiger partial charge on any atom is 0.294 e. The first kappa shape index (κ1) is 20.7. The van der Waals surface area contributed by atoms with Crippen molar-refractivity contribution in [2.45, 2.75) is 12.8 Å². The van der Waals surface area contributed by atoms with Gasteiger partial charge in [-0.25, -0.2) is 0 Å². The van der Waals surface area contributed by atoms with E-state index in [1.165, 1.54) is 0 Å². The van der Waals surface area contributed by atoms with Gasteiger partial charge in [-0.15, -0.1) is 22.5 Å². The van der Waals surface area contributed by atoms with Crippen molar-refractivity contribution >= 4 is 29.0 Å².